The first-order chi connectivity index (χ1) is 13.5. The Balaban J connectivity index is 1.46. The van der Waals surface area contributed by atoms with E-state index in [1.807, 2.05) is 0 Å². The van der Waals surface area contributed by atoms with Crippen LogP contribution in [0.25, 0.3) is 0 Å². The van der Waals surface area contributed by atoms with Crippen LogP contribution < -0.4 is 0 Å². The SMILES string of the molecule is CC(=O)N(CC(=O)O)C1CCCN(CC2CCC(c3ccccc3)CC2)CC1. The summed E-state index contributed by atoms with van der Waals surface area (Å²) in [6.07, 6.45) is 7.96. The van der Waals surface area contributed by atoms with E-state index >= 15 is 0 Å². The summed E-state index contributed by atoms with van der Waals surface area (Å²) in [5, 5.41) is 9.10. The van der Waals surface area contributed by atoms with Crippen LogP contribution in [0.1, 0.15) is 63.4 Å². The molecule has 28 heavy (non-hydrogen) atoms. The Labute approximate surface area is 168 Å². The van der Waals surface area contributed by atoms with E-state index in [0.29, 0.717) is 5.92 Å². The molecule has 1 N–H and O–H groups in total. The van der Waals surface area contributed by atoms with E-state index < -0.39 is 5.97 Å². The van der Waals surface area contributed by atoms with Gasteiger partial charge in [0.1, 0.15) is 6.54 Å². The van der Waals surface area contributed by atoms with Gasteiger partial charge >= 0.3 is 5.97 Å². The highest BCUT2D eigenvalue weighted by Crippen LogP contribution is 2.36. The number of amides is 1. The standard InChI is InChI=1S/C23H34N2O3/c1-18(26)25(17-23(27)28)22-8-5-14-24(15-13-22)16-19-9-11-21(12-10-19)20-6-3-2-4-7-20/h2-4,6-7,19,21-22H,5,8-17H2,1H3,(H,27,28). The highest BCUT2D eigenvalue weighted by atomic mass is 16.4. The summed E-state index contributed by atoms with van der Waals surface area (Å²) >= 11 is 0. The zero-order valence-corrected chi connectivity index (χ0v) is 17.1. The zero-order valence-electron chi connectivity index (χ0n) is 17.1. The Morgan fingerprint density at radius 1 is 1.04 bits per heavy atom. The van der Waals surface area contributed by atoms with Crippen molar-refractivity contribution in [3.63, 3.8) is 0 Å². The van der Waals surface area contributed by atoms with E-state index in [2.05, 4.69) is 35.2 Å². The summed E-state index contributed by atoms with van der Waals surface area (Å²) in [6.45, 7) is 4.48. The van der Waals surface area contributed by atoms with Gasteiger partial charge in [-0.3, -0.25) is 9.59 Å². The Hall–Kier alpha value is -1.88. The van der Waals surface area contributed by atoms with Crippen molar-refractivity contribution in [3.8, 4) is 0 Å². The third kappa shape index (κ3) is 5.81. The smallest absolute Gasteiger partial charge is 0.323 e. The first-order valence-corrected chi connectivity index (χ1v) is 10.8. The van der Waals surface area contributed by atoms with Gasteiger partial charge in [0.25, 0.3) is 0 Å². The number of likely N-dealkylation sites (tertiary alicyclic amines) is 1. The lowest BCUT2D eigenvalue weighted by Crippen LogP contribution is -2.43. The van der Waals surface area contributed by atoms with Gasteiger partial charge in [-0.05, 0) is 68.9 Å². The van der Waals surface area contributed by atoms with Crippen molar-refractivity contribution >= 4 is 11.9 Å². The lowest BCUT2D eigenvalue weighted by Gasteiger charge is -2.33. The number of aliphatic carboxylic acids is 1. The molecule has 0 spiro atoms. The van der Waals surface area contributed by atoms with Crippen LogP contribution in [-0.2, 0) is 9.59 Å². The zero-order chi connectivity index (χ0) is 19.9. The van der Waals surface area contributed by atoms with E-state index in [9.17, 15) is 9.59 Å². The molecule has 1 amide bonds. The largest absolute Gasteiger partial charge is 0.480 e. The maximum Gasteiger partial charge on any atom is 0.323 e. The molecule has 5 heteroatoms. The van der Waals surface area contributed by atoms with Crippen LogP contribution in [0.2, 0.25) is 0 Å². The van der Waals surface area contributed by atoms with E-state index in [4.69, 9.17) is 5.11 Å². The van der Waals surface area contributed by atoms with Crippen LogP contribution in [0.5, 0.6) is 0 Å². The number of carbonyl (C=O) groups excluding carboxylic acids is 1. The normalized spacial score (nSPS) is 26.4. The van der Waals surface area contributed by atoms with Gasteiger partial charge in [-0.25, -0.2) is 0 Å². The second-order valence-corrected chi connectivity index (χ2v) is 8.55. The monoisotopic (exact) mass is 386 g/mol. The van der Waals surface area contributed by atoms with Crippen LogP contribution >= 0.6 is 0 Å². The molecule has 1 aromatic carbocycles. The van der Waals surface area contributed by atoms with Crippen molar-refractivity contribution in [3.05, 3.63) is 35.9 Å². The Bertz CT molecular complexity index is 641. The molecular weight excluding hydrogens is 352 g/mol. The summed E-state index contributed by atoms with van der Waals surface area (Å²) in [6, 6.07) is 11.0. The Morgan fingerprint density at radius 3 is 2.39 bits per heavy atom. The average molecular weight is 387 g/mol. The molecule has 1 aromatic rings. The summed E-state index contributed by atoms with van der Waals surface area (Å²) in [5.74, 6) is 0.428. The minimum absolute atomic E-state index is 0.0624. The van der Waals surface area contributed by atoms with Gasteiger partial charge in [0.05, 0.1) is 0 Å². The maximum absolute atomic E-state index is 11.9. The first kappa shape index (κ1) is 20.8. The van der Waals surface area contributed by atoms with Crippen molar-refractivity contribution in [1.82, 2.24) is 9.80 Å². The fraction of sp³-hybridized carbons (Fsp3) is 0.652. The summed E-state index contributed by atoms with van der Waals surface area (Å²) in [4.78, 5) is 27.1. The molecular formula is C23H34N2O3. The molecule has 1 heterocycles. The van der Waals surface area contributed by atoms with Gasteiger partial charge in [0.15, 0.2) is 0 Å². The molecule has 1 aliphatic heterocycles. The van der Waals surface area contributed by atoms with Crippen molar-refractivity contribution in [2.75, 3.05) is 26.2 Å². The predicted molar refractivity (Wildman–Crippen MR) is 110 cm³/mol. The second kappa shape index (κ2) is 10.1. The van der Waals surface area contributed by atoms with E-state index in [-0.39, 0.29) is 18.5 Å². The van der Waals surface area contributed by atoms with Crippen molar-refractivity contribution in [2.24, 2.45) is 5.92 Å². The summed E-state index contributed by atoms with van der Waals surface area (Å²) in [7, 11) is 0. The molecule has 0 bridgehead atoms. The maximum atomic E-state index is 11.9. The number of carboxylic acid groups (broad SMARTS) is 1. The van der Waals surface area contributed by atoms with Crippen molar-refractivity contribution < 1.29 is 14.7 Å². The van der Waals surface area contributed by atoms with Crippen molar-refractivity contribution in [1.29, 1.82) is 0 Å². The summed E-state index contributed by atoms with van der Waals surface area (Å²) in [5.41, 5.74) is 1.49. The summed E-state index contributed by atoms with van der Waals surface area (Å²) < 4.78 is 0. The number of hydrogen-bond acceptors (Lipinski definition) is 3. The minimum atomic E-state index is -0.925. The van der Waals surface area contributed by atoms with Gasteiger partial charge in [-0.1, -0.05) is 30.3 Å². The van der Waals surface area contributed by atoms with Crippen LogP contribution in [0.15, 0.2) is 30.3 Å². The van der Waals surface area contributed by atoms with Crippen LogP contribution in [0.4, 0.5) is 0 Å². The lowest BCUT2D eigenvalue weighted by atomic mass is 9.78. The average Bonchev–Trinajstić information content (AvgIpc) is 2.92. The van der Waals surface area contributed by atoms with E-state index in [1.54, 1.807) is 4.90 Å². The molecule has 1 saturated carbocycles. The molecule has 1 saturated heterocycles. The van der Waals surface area contributed by atoms with Crippen molar-refractivity contribution in [2.45, 2.75) is 63.8 Å². The predicted octanol–water partition coefficient (Wildman–Crippen LogP) is 3.75. The number of carbonyl (C=O) groups is 2. The number of rotatable bonds is 6. The van der Waals surface area contributed by atoms with E-state index in [1.165, 1.54) is 38.2 Å². The molecule has 2 fully saturated rings. The quantitative estimate of drug-likeness (QED) is 0.809. The van der Waals surface area contributed by atoms with Gasteiger partial charge < -0.3 is 14.9 Å². The van der Waals surface area contributed by atoms with Gasteiger partial charge in [-0.2, -0.15) is 0 Å². The molecule has 5 nitrogen and oxygen atoms in total. The van der Waals surface area contributed by atoms with Crippen LogP contribution in [0, 0.1) is 5.92 Å². The molecule has 2 aliphatic rings. The highest BCUT2D eigenvalue weighted by Gasteiger charge is 2.28. The molecule has 1 atom stereocenters. The van der Waals surface area contributed by atoms with Gasteiger partial charge in [-0.15, -0.1) is 0 Å². The number of hydrogen-bond donors (Lipinski definition) is 1. The highest BCUT2D eigenvalue weighted by molar-refractivity contribution is 5.79. The third-order valence-electron chi connectivity index (χ3n) is 6.58. The molecule has 1 unspecified atom stereocenters. The number of nitrogens with zero attached hydrogens (tertiary/aromatic N) is 2. The van der Waals surface area contributed by atoms with E-state index in [0.717, 1.165) is 44.8 Å². The van der Waals surface area contributed by atoms with Gasteiger partial charge in [0.2, 0.25) is 5.91 Å². The van der Waals surface area contributed by atoms with Crippen LogP contribution in [0.3, 0.4) is 0 Å². The lowest BCUT2D eigenvalue weighted by molar-refractivity contribution is -0.145. The molecule has 0 aromatic heterocycles. The third-order valence-corrected chi connectivity index (χ3v) is 6.58. The Morgan fingerprint density at radius 2 is 1.75 bits per heavy atom. The minimum Gasteiger partial charge on any atom is -0.480 e. The second-order valence-electron chi connectivity index (χ2n) is 8.55. The fourth-order valence-corrected chi connectivity index (χ4v) is 5.04. The van der Waals surface area contributed by atoms with Gasteiger partial charge in [0, 0.05) is 26.1 Å². The first-order valence-electron chi connectivity index (χ1n) is 10.8. The molecule has 3 rings (SSSR count). The topological polar surface area (TPSA) is 60.9 Å². The van der Waals surface area contributed by atoms with Crippen LogP contribution in [-0.4, -0.2) is 59.0 Å². The Kier molecular flexibility index (Phi) is 7.49. The fourth-order valence-electron chi connectivity index (χ4n) is 5.04. The molecule has 1 aliphatic carbocycles. The number of benzene rings is 1. The molecule has 154 valence electrons. The molecule has 0 radical (unpaired) electrons. The number of carboxylic acids is 1.